The van der Waals surface area contributed by atoms with E-state index in [9.17, 15) is 13.2 Å². The van der Waals surface area contributed by atoms with Crippen LogP contribution in [0.1, 0.15) is 46.1 Å². The molecule has 1 heterocycles. The topological polar surface area (TPSA) is 94.2 Å². The molecule has 0 aliphatic carbocycles. The highest BCUT2D eigenvalue weighted by Crippen LogP contribution is 2.30. The van der Waals surface area contributed by atoms with E-state index in [1.54, 1.807) is 23.1 Å². The van der Waals surface area contributed by atoms with Crippen molar-refractivity contribution in [1.82, 2.24) is 10.2 Å². The molecule has 1 unspecified atom stereocenters. The third-order valence-electron chi connectivity index (χ3n) is 4.39. The highest BCUT2D eigenvalue weighted by Gasteiger charge is 2.26. The molecular formula is C20H32N2O6S. The first-order chi connectivity index (χ1) is 13.5. The lowest BCUT2D eigenvalue weighted by Gasteiger charge is -2.30. The first kappa shape index (κ1) is 23.3. The normalized spacial score (nSPS) is 17.1. The molecule has 8 nitrogen and oxygen atoms in total. The molecule has 0 spiro atoms. The summed E-state index contributed by atoms with van der Waals surface area (Å²) >= 11 is 0. The van der Waals surface area contributed by atoms with E-state index >= 15 is 0 Å². The summed E-state index contributed by atoms with van der Waals surface area (Å²) in [5.74, 6) is 0.273. The Bertz CT molecular complexity index is 798. The lowest BCUT2D eigenvalue weighted by atomic mass is 10.1. The number of carbonyl (C=O) groups is 1. The van der Waals surface area contributed by atoms with Gasteiger partial charge in [-0.15, -0.1) is 0 Å². The minimum absolute atomic E-state index is 0.00448. The van der Waals surface area contributed by atoms with Crippen LogP contribution in [0.15, 0.2) is 18.2 Å². The minimum atomic E-state index is -3.70. The molecule has 164 valence electrons. The van der Waals surface area contributed by atoms with Gasteiger partial charge in [-0.3, -0.25) is 0 Å². The van der Waals surface area contributed by atoms with Crippen molar-refractivity contribution in [1.29, 1.82) is 0 Å². The van der Waals surface area contributed by atoms with Gasteiger partial charge in [-0.25, -0.2) is 4.79 Å². The fraction of sp³-hybridized carbons (Fsp3) is 0.650. The maximum atomic E-state index is 12.8. The summed E-state index contributed by atoms with van der Waals surface area (Å²) in [6, 6.07) is 4.82. The molecule has 1 aromatic rings. The minimum Gasteiger partial charge on any atom is -0.493 e. The summed E-state index contributed by atoms with van der Waals surface area (Å²) in [6.07, 6.45) is 1.88. The molecular weight excluding hydrogens is 396 g/mol. The van der Waals surface area contributed by atoms with Crippen molar-refractivity contribution in [2.45, 2.75) is 58.7 Å². The van der Waals surface area contributed by atoms with E-state index in [1.807, 2.05) is 20.8 Å². The SMILES string of the molecule is CCS(=O)(=O)Oc1cc(CN(CC2CCCO2)C(=O)NC(C)(C)C)ccc1OC. The third kappa shape index (κ3) is 7.40. The van der Waals surface area contributed by atoms with Gasteiger partial charge in [0, 0.05) is 25.2 Å². The molecule has 29 heavy (non-hydrogen) atoms. The molecule has 0 bridgehead atoms. The lowest BCUT2D eigenvalue weighted by molar-refractivity contribution is 0.0782. The van der Waals surface area contributed by atoms with E-state index in [2.05, 4.69) is 5.32 Å². The second-order valence-electron chi connectivity index (χ2n) is 8.11. The van der Waals surface area contributed by atoms with Gasteiger partial charge in [0.25, 0.3) is 0 Å². The molecule has 1 aromatic carbocycles. The molecule has 1 aliphatic rings. The van der Waals surface area contributed by atoms with Crippen molar-refractivity contribution in [3.8, 4) is 11.5 Å². The van der Waals surface area contributed by atoms with Gasteiger partial charge < -0.3 is 23.9 Å². The fourth-order valence-electron chi connectivity index (χ4n) is 2.95. The Labute approximate surface area is 173 Å². The molecule has 0 saturated carbocycles. The number of ether oxygens (including phenoxy) is 2. The number of urea groups is 1. The summed E-state index contributed by atoms with van der Waals surface area (Å²) in [4.78, 5) is 14.5. The molecule has 2 rings (SSSR count). The summed E-state index contributed by atoms with van der Waals surface area (Å²) in [5, 5.41) is 2.98. The highest BCUT2D eigenvalue weighted by atomic mass is 32.2. The smallest absolute Gasteiger partial charge is 0.318 e. The van der Waals surface area contributed by atoms with Crippen molar-refractivity contribution < 1.29 is 26.9 Å². The zero-order valence-electron chi connectivity index (χ0n) is 17.9. The molecule has 1 N–H and O–H groups in total. The van der Waals surface area contributed by atoms with E-state index in [0.29, 0.717) is 18.9 Å². The van der Waals surface area contributed by atoms with Crippen LogP contribution < -0.4 is 14.2 Å². The van der Waals surface area contributed by atoms with Gasteiger partial charge in [0.05, 0.1) is 19.0 Å². The number of carbonyl (C=O) groups excluding carboxylic acids is 1. The van der Waals surface area contributed by atoms with Crippen LogP contribution >= 0.6 is 0 Å². The number of hydrogen-bond acceptors (Lipinski definition) is 6. The van der Waals surface area contributed by atoms with Crippen molar-refractivity contribution in [3.63, 3.8) is 0 Å². The molecule has 1 aliphatic heterocycles. The summed E-state index contributed by atoms with van der Waals surface area (Å²) in [6.45, 7) is 8.71. The van der Waals surface area contributed by atoms with Gasteiger partial charge in [-0.05, 0) is 58.2 Å². The van der Waals surface area contributed by atoms with Crippen LogP contribution in [0.25, 0.3) is 0 Å². The quantitative estimate of drug-likeness (QED) is 0.640. The number of rotatable bonds is 8. The average molecular weight is 429 g/mol. The van der Waals surface area contributed by atoms with Crippen LogP contribution in [0.4, 0.5) is 4.79 Å². The molecule has 9 heteroatoms. The number of nitrogens with one attached hydrogen (secondary N) is 1. The van der Waals surface area contributed by atoms with Gasteiger partial charge >= 0.3 is 16.1 Å². The van der Waals surface area contributed by atoms with Gasteiger partial charge in [0.1, 0.15) is 0 Å². The Morgan fingerprint density at radius 3 is 2.59 bits per heavy atom. The third-order valence-corrected chi connectivity index (χ3v) is 5.53. The molecule has 0 aromatic heterocycles. The molecule has 1 saturated heterocycles. The standard InChI is InChI=1S/C20H32N2O6S/c1-6-29(24,25)28-18-12-15(9-10-17(18)26-5)13-22(14-16-8-7-11-27-16)19(23)21-20(2,3)4/h9-10,12,16H,6-8,11,13-14H2,1-5H3,(H,21,23). The molecule has 1 fully saturated rings. The first-order valence-electron chi connectivity index (χ1n) is 9.80. The summed E-state index contributed by atoms with van der Waals surface area (Å²) in [7, 11) is -2.26. The van der Waals surface area contributed by atoms with Crippen LogP contribution in [0.2, 0.25) is 0 Å². The molecule has 1 atom stereocenters. The number of hydrogen-bond donors (Lipinski definition) is 1. The van der Waals surface area contributed by atoms with Gasteiger partial charge in [0.15, 0.2) is 11.5 Å². The Morgan fingerprint density at radius 2 is 2.03 bits per heavy atom. The average Bonchev–Trinajstić information content (AvgIpc) is 3.13. The van der Waals surface area contributed by atoms with E-state index < -0.39 is 10.1 Å². The van der Waals surface area contributed by atoms with Crippen LogP contribution in [0.3, 0.4) is 0 Å². The van der Waals surface area contributed by atoms with E-state index in [4.69, 9.17) is 13.7 Å². The first-order valence-corrected chi connectivity index (χ1v) is 11.4. The van der Waals surface area contributed by atoms with Crippen molar-refractivity contribution >= 4 is 16.1 Å². The second-order valence-corrected chi connectivity index (χ2v) is 9.97. The number of benzene rings is 1. The fourth-order valence-corrected chi connectivity index (χ4v) is 3.48. The van der Waals surface area contributed by atoms with Crippen LogP contribution in [-0.2, 0) is 21.4 Å². The van der Waals surface area contributed by atoms with Gasteiger partial charge in [-0.2, -0.15) is 8.42 Å². The van der Waals surface area contributed by atoms with Gasteiger partial charge in [0.2, 0.25) is 0 Å². The number of methoxy groups -OCH3 is 1. The van der Waals surface area contributed by atoms with E-state index in [-0.39, 0.29) is 35.7 Å². The zero-order valence-corrected chi connectivity index (χ0v) is 18.7. The van der Waals surface area contributed by atoms with Crippen LogP contribution in [0.5, 0.6) is 11.5 Å². The number of amides is 2. The summed E-state index contributed by atoms with van der Waals surface area (Å²) < 4.78 is 39.9. The monoisotopic (exact) mass is 428 g/mol. The maximum Gasteiger partial charge on any atom is 0.318 e. The second kappa shape index (κ2) is 9.67. The van der Waals surface area contributed by atoms with E-state index in [0.717, 1.165) is 18.4 Å². The highest BCUT2D eigenvalue weighted by molar-refractivity contribution is 7.87. The van der Waals surface area contributed by atoms with E-state index in [1.165, 1.54) is 14.0 Å². The molecule has 0 radical (unpaired) electrons. The lowest BCUT2D eigenvalue weighted by Crippen LogP contribution is -2.50. The Kier molecular flexibility index (Phi) is 7.76. The Balaban J connectivity index is 2.25. The zero-order chi connectivity index (χ0) is 21.7. The van der Waals surface area contributed by atoms with Gasteiger partial charge in [-0.1, -0.05) is 6.07 Å². The van der Waals surface area contributed by atoms with Crippen molar-refractivity contribution in [2.24, 2.45) is 0 Å². The Hall–Kier alpha value is -2.00. The maximum absolute atomic E-state index is 12.8. The Morgan fingerprint density at radius 1 is 1.31 bits per heavy atom. The molecule has 2 amide bonds. The van der Waals surface area contributed by atoms with Crippen LogP contribution in [-0.4, -0.2) is 57.0 Å². The number of nitrogens with zero attached hydrogens (tertiary/aromatic N) is 1. The van der Waals surface area contributed by atoms with Crippen LogP contribution in [0, 0.1) is 0 Å². The predicted molar refractivity (Wildman–Crippen MR) is 111 cm³/mol. The van der Waals surface area contributed by atoms with Crippen molar-refractivity contribution in [2.75, 3.05) is 26.0 Å². The predicted octanol–water partition coefficient (Wildman–Crippen LogP) is 2.91. The largest absolute Gasteiger partial charge is 0.493 e. The van der Waals surface area contributed by atoms with Crippen molar-refractivity contribution in [3.05, 3.63) is 23.8 Å². The summed E-state index contributed by atoms with van der Waals surface area (Å²) in [5.41, 5.74) is 0.351.